The van der Waals surface area contributed by atoms with E-state index < -0.39 is 34.9 Å². The van der Waals surface area contributed by atoms with Gasteiger partial charge < -0.3 is 10.1 Å². The Balaban J connectivity index is 1.98. The highest BCUT2D eigenvalue weighted by molar-refractivity contribution is 6.00. The molecule has 1 N–H and O–H groups in total. The summed E-state index contributed by atoms with van der Waals surface area (Å²) in [5.41, 5.74) is -0.535. The van der Waals surface area contributed by atoms with Gasteiger partial charge in [0.1, 0.15) is 11.6 Å². The maximum Gasteiger partial charge on any atom is 0.349 e. The van der Waals surface area contributed by atoms with Gasteiger partial charge in [0.05, 0.1) is 4.92 Å². The monoisotopic (exact) mass is 369 g/mol. The predicted octanol–water partition coefficient (Wildman–Crippen LogP) is 2.82. The molecule has 0 unspecified atom stereocenters. The average Bonchev–Trinajstić information content (AvgIpc) is 2.66. The molecule has 0 bridgehead atoms. The molecule has 0 spiro atoms. The molecule has 0 fully saturated rings. The quantitative estimate of drug-likeness (QED) is 0.275. The van der Waals surface area contributed by atoms with Crippen molar-refractivity contribution in [3.8, 4) is 6.07 Å². The zero-order valence-electron chi connectivity index (χ0n) is 13.7. The van der Waals surface area contributed by atoms with E-state index in [1.807, 2.05) is 0 Å². The first-order chi connectivity index (χ1) is 12.9. The van der Waals surface area contributed by atoms with Gasteiger partial charge in [-0.25, -0.2) is 4.79 Å². The van der Waals surface area contributed by atoms with Crippen LogP contribution in [0, 0.1) is 27.3 Å². The maximum absolute atomic E-state index is 13.3. The van der Waals surface area contributed by atoms with Crippen molar-refractivity contribution >= 4 is 29.3 Å². The van der Waals surface area contributed by atoms with Gasteiger partial charge >= 0.3 is 11.7 Å². The highest BCUT2D eigenvalue weighted by Gasteiger charge is 2.17. The van der Waals surface area contributed by atoms with E-state index in [1.54, 1.807) is 36.4 Å². The van der Waals surface area contributed by atoms with Crippen molar-refractivity contribution < 1.29 is 23.6 Å². The number of nitrogens with zero attached hydrogens (tertiary/aromatic N) is 2. The molecule has 8 nitrogen and oxygen atoms in total. The number of hydrogen-bond donors (Lipinski definition) is 1. The SMILES string of the molecule is N#CC(=Cc1ccccc1)C(=O)OCC(=O)Nc1ccc(F)c([N+](=O)[O-])c1. The molecule has 27 heavy (non-hydrogen) atoms. The topological polar surface area (TPSA) is 122 Å². The van der Waals surface area contributed by atoms with Crippen LogP contribution in [0.15, 0.2) is 54.1 Å². The molecular formula is C18H12FN3O5. The van der Waals surface area contributed by atoms with Crippen molar-refractivity contribution in [2.45, 2.75) is 0 Å². The van der Waals surface area contributed by atoms with Gasteiger partial charge in [0.2, 0.25) is 5.82 Å². The van der Waals surface area contributed by atoms with Crippen LogP contribution in [-0.2, 0) is 14.3 Å². The molecule has 2 aromatic carbocycles. The van der Waals surface area contributed by atoms with E-state index in [4.69, 9.17) is 10.00 Å². The Morgan fingerprint density at radius 3 is 2.59 bits per heavy atom. The lowest BCUT2D eigenvalue weighted by Crippen LogP contribution is -2.21. The summed E-state index contributed by atoms with van der Waals surface area (Å²) in [6.07, 6.45) is 1.31. The van der Waals surface area contributed by atoms with Crippen LogP contribution in [0.5, 0.6) is 0 Å². The molecule has 9 heteroatoms. The predicted molar refractivity (Wildman–Crippen MR) is 92.7 cm³/mol. The van der Waals surface area contributed by atoms with Gasteiger partial charge in [-0.05, 0) is 23.8 Å². The van der Waals surface area contributed by atoms with Crippen molar-refractivity contribution in [1.29, 1.82) is 5.26 Å². The van der Waals surface area contributed by atoms with E-state index in [0.717, 1.165) is 18.2 Å². The number of carbonyl (C=O) groups is 2. The van der Waals surface area contributed by atoms with Crippen molar-refractivity contribution in [1.82, 2.24) is 0 Å². The number of halogens is 1. The normalized spacial score (nSPS) is 10.6. The second-order valence-electron chi connectivity index (χ2n) is 5.13. The molecule has 0 heterocycles. The Kier molecular flexibility index (Phi) is 6.33. The molecule has 0 aliphatic heterocycles. The van der Waals surface area contributed by atoms with Crippen molar-refractivity contribution in [3.05, 3.63) is 75.6 Å². The van der Waals surface area contributed by atoms with Crippen molar-refractivity contribution in [2.75, 3.05) is 11.9 Å². The number of ether oxygens (including phenoxy) is 1. The molecule has 2 rings (SSSR count). The van der Waals surface area contributed by atoms with E-state index in [1.165, 1.54) is 6.08 Å². The molecule has 0 saturated carbocycles. The zero-order valence-corrected chi connectivity index (χ0v) is 13.7. The first-order valence-electron chi connectivity index (χ1n) is 7.48. The number of carbonyl (C=O) groups excluding carboxylic acids is 2. The Morgan fingerprint density at radius 2 is 1.96 bits per heavy atom. The third-order valence-electron chi connectivity index (χ3n) is 3.21. The highest BCUT2D eigenvalue weighted by Crippen LogP contribution is 2.21. The molecule has 0 saturated heterocycles. The Morgan fingerprint density at radius 1 is 1.26 bits per heavy atom. The van der Waals surface area contributed by atoms with E-state index in [9.17, 15) is 24.1 Å². The van der Waals surface area contributed by atoms with Crippen LogP contribution in [0.25, 0.3) is 6.08 Å². The number of benzene rings is 2. The standard InChI is InChI=1S/C18H12FN3O5/c19-15-7-6-14(9-16(15)22(25)26)21-17(23)11-27-18(24)13(10-20)8-12-4-2-1-3-5-12/h1-9H,11H2,(H,21,23). The number of nitro groups is 1. The van der Waals surface area contributed by atoms with Crippen LogP contribution in [0.2, 0.25) is 0 Å². The molecule has 2 aromatic rings. The molecule has 0 aliphatic carbocycles. The summed E-state index contributed by atoms with van der Waals surface area (Å²) in [7, 11) is 0. The van der Waals surface area contributed by atoms with Gasteiger partial charge in [-0.15, -0.1) is 0 Å². The van der Waals surface area contributed by atoms with Crippen LogP contribution < -0.4 is 5.32 Å². The number of anilines is 1. The number of nitro benzene ring substituents is 1. The second-order valence-corrected chi connectivity index (χ2v) is 5.13. The number of esters is 1. The van der Waals surface area contributed by atoms with Crippen molar-refractivity contribution in [3.63, 3.8) is 0 Å². The fraction of sp³-hybridized carbons (Fsp3) is 0.0556. The summed E-state index contributed by atoms with van der Waals surface area (Å²) in [6.45, 7) is -0.724. The van der Waals surface area contributed by atoms with Crippen LogP contribution in [0.4, 0.5) is 15.8 Å². The van der Waals surface area contributed by atoms with Crippen LogP contribution in [0.1, 0.15) is 5.56 Å². The van der Waals surface area contributed by atoms with Gasteiger partial charge in [-0.2, -0.15) is 9.65 Å². The third kappa shape index (κ3) is 5.47. The lowest BCUT2D eigenvalue weighted by Gasteiger charge is -2.06. The number of hydrogen-bond acceptors (Lipinski definition) is 6. The Hall–Kier alpha value is -4.06. The number of rotatable bonds is 6. The summed E-state index contributed by atoms with van der Waals surface area (Å²) < 4.78 is 18.0. The van der Waals surface area contributed by atoms with E-state index in [0.29, 0.717) is 5.56 Å². The smallest absolute Gasteiger partial charge is 0.349 e. The minimum Gasteiger partial charge on any atom is -0.451 e. The molecule has 0 radical (unpaired) electrons. The number of amides is 1. The second kappa shape index (κ2) is 8.87. The largest absolute Gasteiger partial charge is 0.451 e. The van der Waals surface area contributed by atoms with E-state index >= 15 is 0 Å². The number of nitrogens with one attached hydrogen (secondary N) is 1. The fourth-order valence-corrected chi connectivity index (χ4v) is 1.99. The van der Waals surface area contributed by atoms with Gasteiger partial charge in [0.25, 0.3) is 5.91 Å². The molecular weight excluding hydrogens is 357 g/mol. The van der Waals surface area contributed by atoms with E-state index in [2.05, 4.69) is 5.32 Å². The molecule has 0 aliphatic rings. The third-order valence-corrected chi connectivity index (χ3v) is 3.21. The first-order valence-corrected chi connectivity index (χ1v) is 7.48. The van der Waals surface area contributed by atoms with E-state index in [-0.39, 0.29) is 11.3 Å². The molecule has 0 atom stereocenters. The summed E-state index contributed by atoms with van der Waals surface area (Å²) in [5, 5.41) is 22.0. The molecule has 1 amide bonds. The summed E-state index contributed by atoms with van der Waals surface area (Å²) in [4.78, 5) is 33.4. The zero-order chi connectivity index (χ0) is 19.8. The summed E-state index contributed by atoms with van der Waals surface area (Å²) >= 11 is 0. The van der Waals surface area contributed by atoms with Crippen LogP contribution in [-0.4, -0.2) is 23.4 Å². The highest BCUT2D eigenvalue weighted by atomic mass is 19.1. The minimum atomic E-state index is -1.05. The summed E-state index contributed by atoms with van der Waals surface area (Å²) in [5.74, 6) is -2.85. The number of nitriles is 1. The van der Waals surface area contributed by atoms with Crippen LogP contribution >= 0.6 is 0 Å². The Labute approximate surface area is 152 Å². The molecule has 136 valence electrons. The lowest BCUT2D eigenvalue weighted by atomic mass is 10.1. The van der Waals surface area contributed by atoms with Gasteiger partial charge in [-0.1, -0.05) is 30.3 Å². The summed E-state index contributed by atoms with van der Waals surface area (Å²) in [6, 6.07) is 13.1. The lowest BCUT2D eigenvalue weighted by molar-refractivity contribution is -0.387. The van der Waals surface area contributed by atoms with Crippen molar-refractivity contribution in [2.24, 2.45) is 0 Å². The van der Waals surface area contributed by atoms with Gasteiger partial charge in [-0.3, -0.25) is 14.9 Å². The van der Waals surface area contributed by atoms with Crippen LogP contribution in [0.3, 0.4) is 0 Å². The molecule has 0 aromatic heterocycles. The van der Waals surface area contributed by atoms with Gasteiger partial charge in [0, 0.05) is 11.8 Å². The maximum atomic E-state index is 13.3. The minimum absolute atomic E-state index is 0.0375. The first kappa shape index (κ1) is 19.3. The Bertz CT molecular complexity index is 951. The van der Waals surface area contributed by atoms with Gasteiger partial charge in [0.15, 0.2) is 6.61 Å². The average molecular weight is 369 g/mol. The fourth-order valence-electron chi connectivity index (χ4n) is 1.99.